The first-order valence-corrected chi connectivity index (χ1v) is 14.4. The molecule has 0 saturated carbocycles. The van der Waals surface area contributed by atoms with E-state index >= 15 is 0 Å². The van der Waals surface area contributed by atoms with Gasteiger partial charge in [-0.25, -0.2) is 0 Å². The Balaban J connectivity index is 1.91. The van der Waals surface area contributed by atoms with Gasteiger partial charge in [-0.05, 0) is 74.9 Å². The van der Waals surface area contributed by atoms with Crippen LogP contribution in [0, 0.1) is 6.92 Å². The Morgan fingerprint density at radius 1 is 0.850 bits per heavy atom. The summed E-state index contributed by atoms with van der Waals surface area (Å²) in [5.74, 6) is 1.20. The number of hydrogen-bond donors (Lipinski definition) is 1. The summed E-state index contributed by atoms with van der Waals surface area (Å²) in [4.78, 5) is 29.5. The summed E-state index contributed by atoms with van der Waals surface area (Å²) >= 11 is 0. The zero-order valence-corrected chi connectivity index (χ0v) is 24.6. The highest BCUT2D eigenvalue weighted by Gasteiger charge is 2.31. The second-order valence-electron chi connectivity index (χ2n) is 10.1. The smallest absolute Gasteiger partial charge is 0.243 e. The first-order valence-electron chi connectivity index (χ1n) is 14.4. The Labute approximate surface area is 239 Å². The molecule has 214 valence electrons. The molecular weight excluding hydrogens is 500 g/mol. The molecule has 3 aromatic carbocycles. The second kappa shape index (κ2) is 15.7. The van der Waals surface area contributed by atoms with E-state index in [4.69, 9.17) is 9.47 Å². The van der Waals surface area contributed by atoms with Crippen LogP contribution in [0.2, 0.25) is 0 Å². The van der Waals surface area contributed by atoms with Crippen molar-refractivity contribution >= 4 is 11.8 Å². The second-order valence-corrected chi connectivity index (χ2v) is 10.1. The van der Waals surface area contributed by atoms with E-state index in [-0.39, 0.29) is 24.3 Å². The van der Waals surface area contributed by atoms with Crippen molar-refractivity contribution < 1.29 is 19.1 Å². The average Bonchev–Trinajstić information content (AvgIpc) is 2.96. The molecule has 0 radical (unpaired) electrons. The highest BCUT2D eigenvalue weighted by Crippen LogP contribution is 2.29. The minimum absolute atomic E-state index is 0.0158. The van der Waals surface area contributed by atoms with Crippen LogP contribution in [0.5, 0.6) is 11.5 Å². The van der Waals surface area contributed by atoms with Gasteiger partial charge in [-0.2, -0.15) is 0 Å². The Bertz CT molecular complexity index is 1230. The number of aryl methyl sites for hydroxylation is 2. The van der Waals surface area contributed by atoms with Crippen molar-refractivity contribution in [3.8, 4) is 11.5 Å². The van der Waals surface area contributed by atoms with E-state index in [1.165, 1.54) is 0 Å². The fourth-order valence-corrected chi connectivity index (χ4v) is 4.61. The normalized spacial score (nSPS) is 12.3. The molecule has 0 aromatic heterocycles. The van der Waals surface area contributed by atoms with Crippen molar-refractivity contribution in [2.24, 2.45) is 0 Å². The van der Waals surface area contributed by atoms with Gasteiger partial charge < -0.3 is 19.7 Å². The number of rotatable bonds is 15. The summed E-state index contributed by atoms with van der Waals surface area (Å²) < 4.78 is 11.5. The molecule has 0 saturated heterocycles. The maximum Gasteiger partial charge on any atom is 0.243 e. The van der Waals surface area contributed by atoms with Gasteiger partial charge in [0.05, 0.1) is 13.2 Å². The van der Waals surface area contributed by atoms with Gasteiger partial charge in [0.1, 0.15) is 6.04 Å². The Morgan fingerprint density at radius 2 is 1.52 bits per heavy atom. The number of carbonyl (C=O) groups is 2. The van der Waals surface area contributed by atoms with E-state index in [1.807, 2.05) is 107 Å². The molecule has 3 rings (SSSR count). The third-order valence-corrected chi connectivity index (χ3v) is 7.11. The highest BCUT2D eigenvalue weighted by atomic mass is 16.5. The van der Waals surface area contributed by atoms with Gasteiger partial charge in [-0.3, -0.25) is 9.59 Å². The molecule has 0 aliphatic carbocycles. The summed E-state index contributed by atoms with van der Waals surface area (Å²) in [7, 11) is 0. The standard InChI is InChI=1S/C34H44N2O4/c1-6-26(5)35-34(38)30(22-27-15-10-9-11-16-27)36(24-29-17-13-12-14-25(29)4)33(37)21-19-28-18-20-31(39-7-2)32(23-28)40-8-3/h9-18,20,23,26,30H,6-8,19,21-22,24H2,1-5H3,(H,35,38)/t26-,30+/m0/s1. The molecule has 0 aliphatic heterocycles. The van der Waals surface area contributed by atoms with E-state index in [9.17, 15) is 9.59 Å². The first-order chi connectivity index (χ1) is 19.4. The number of nitrogens with one attached hydrogen (secondary N) is 1. The lowest BCUT2D eigenvalue weighted by Gasteiger charge is -2.33. The molecule has 0 spiro atoms. The van der Waals surface area contributed by atoms with E-state index in [1.54, 1.807) is 4.90 Å². The molecule has 0 bridgehead atoms. The zero-order valence-electron chi connectivity index (χ0n) is 24.6. The van der Waals surface area contributed by atoms with Crippen molar-refractivity contribution in [2.45, 2.75) is 78.9 Å². The van der Waals surface area contributed by atoms with Crippen molar-refractivity contribution in [3.63, 3.8) is 0 Å². The number of amides is 2. The zero-order chi connectivity index (χ0) is 28.9. The maximum absolute atomic E-state index is 14.0. The van der Waals surface area contributed by atoms with E-state index in [2.05, 4.69) is 5.32 Å². The van der Waals surface area contributed by atoms with Gasteiger partial charge in [0.15, 0.2) is 11.5 Å². The van der Waals surface area contributed by atoms with Gasteiger partial charge in [0.25, 0.3) is 0 Å². The Morgan fingerprint density at radius 3 is 2.20 bits per heavy atom. The quantitative estimate of drug-likeness (QED) is 0.245. The topological polar surface area (TPSA) is 67.9 Å². The van der Waals surface area contributed by atoms with Crippen LogP contribution in [0.4, 0.5) is 0 Å². The van der Waals surface area contributed by atoms with E-state index in [0.717, 1.165) is 28.7 Å². The molecular formula is C34H44N2O4. The van der Waals surface area contributed by atoms with Crippen molar-refractivity contribution in [2.75, 3.05) is 13.2 Å². The highest BCUT2D eigenvalue weighted by molar-refractivity contribution is 5.88. The first kappa shape index (κ1) is 30.7. The molecule has 2 atom stereocenters. The number of hydrogen-bond acceptors (Lipinski definition) is 4. The van der Waals surface area contributed by atoms with Crippen LogP contribution in [0.1, 0.15) is 62.8 Å². The molecule has 0 fully saturated rings. The Kier molecular flexibility index (Phi) is 12.1. The van der Waals surface area contributed by atoms with Crippen molar-refractivity contribution in [3.05, 3.63) is 95.1 Å². The Hall–Kier alpha value is -3.80. The summed E-state index contributed by atoms with van der Waals surface area (Å²) in [6.45, 7) is 11.4. The fourth-order valence-electron chi connectivity index (χ4n) is 4.61. The molecule has 0 unspecified atom stereocenters. The maximum atomic E-state index is 14.0. The monoisotopic (exact) mass is 544 g/mol. The minimum Gasteiger partial charge on any atom is -0.490 e. The van der Waals surface area contributed by atoms with E-state index in [0.29, 0.717) is 44.1 Å². The van der Waals surface area contributed by atoms with Crippen LogP contribution >= 0.6 is 0 Å². The minimum atomic E-state index is -0.636. The third kappa shape index (κ3) is 8.87. The van der Waals surface area contributed by atoms with Gasteiger partial charge in [0.2, 0.25) is 11.8 Å². The summed E-state index contributed by atoms with van der Waals surface area (Å²) in [6.07, 6.45) is 2.06. The van der Waals surface area contributed by atoms with Crippen molar-refractivity contribution in [1.82, 2.24) is 10.2 Å². The molecule has 6 nitrogen and oxygen atoms in total. The summed E-state index contributed by atoms with van der Waals surface area (Å²) in [5, 5.41) is 3.14. The number of benzene rings is 3. The lowest BCUT2D eigenvalue weighted by Crippen LogP contribution is -2.52. The lowest BCUT2D eigenvalue weighted by molar-refractivity contribution is -0.141. The van der Waals surface area contributed by atoms with Crippen molar-refractivity contribution in [1.29, 1.82) is 0 Å². The fraction of sp³-hybridized carbons (Fsp3) is 0.412. The van der Waals surface area contributed by atoms with Crippen LogP contribution < -0.4 is 14.8 Å². The predicted molar refractivity (Wildman–Crippen MR) is 161 cm³/mol. The van der Waals surface area contributed by atoms with Crippen LogP contribution in [0.25, 0.3) is 0 Å². The molecule has 1 N–H and O–H groups in total. The average molecular weight is 545 g/mol. The van der Waals surface area contributed by atoms with Crippen LogP contribution in [-0.2, 0) is 29.0 Å². The van der Waals surface area contributed by atoms with Gasteiger partial charge in [-0.15, -0.1) is 0 Å². The van der Waals surface area contributed by atoms with Crippen LogP contribution in [0.15, 0.2) is 72.8 Å². The van der Waals surface area contributed by atoms with Crippen LogP contribution in [-0.4, -0.2) is 42.0 Å². The molecule has 2 amide bonds. The predicted octanol–water partition coefficient (Wildman–Crippen LogP) is 6.28. The molecule has 3 aromatic rings. The molecule has 0 heterocycles. The molecule has 6 heteroatoms. The number of ether oxygens (including phenoxy) is 2. The van der Waals surface area contributed by atoms with Gasteiger partial charge in [0, 0.05) is 25.4 Å². The van der Waals surface area contributed by atoms with Crippen LogP contribution in [0.3, 0.4) is 0 Å². The largest absolute Gasteiger partial charge is 0.490 e. The number of nitrogens with zero attached hydrogens (tertiary/aromatic N) is 1. The van der Waals surface area contributed by atoms with E-state index < -0.39 is 6.04 Å². The summed E-state index contributed by atoms with van der Waals surface area (Å²) in [5.41, 5.74) is 4.13. The van der Waals surface area contributed by atoms with Gasteiger partial charge >= 0.3 is 0 Å². The summed E-state index contributed by atoms with van der Waals surface area (Å²) in [6, 6.07) is 23.2. The lowest BCUT2D eigenvalue weighted by atomic mass is 10.00. The molecule has 0 aliphatic rings. The number of carbonyl (C=O) groups excluding carboxylic acids is 2. The molecule has 40 heavy (non-hydrogen) atoms. The third-order valence-electron chi connectivity index (χ3n) is 7.11. The van der Waals surface area contributed by atoms with Gasteiger partial charge in [-0.1, -0.05) is 67.6 Å². The SMILES string of the molecule is CCOc1ccc(CCC(=O)N(Cc2ccccc2C)[C@H](Cc2ccccc2)C(=O)N[C@@H](C)CC)cc1OCC.